The van der Waals surface area contributed by atoms with Crippen LogP contribution < -0.4 is 0 Å². The molecule has 0 aromatic carbocycles. The maximum Gasteiger partial charge on any atom is 0.251 e. The normalized spacial score (nSPS) is 12.3. The van der Waals surface area contributed by atoms with Gasteiger partial charge in [-0.25, -0.2) is 0 Å². The second kappa shape index (κ2) is 4.87. The van der Waals surface area contributed by atoms with Crippen LogP contribution in [0, 0.1) is 22.5 Å². The van der Waals surface area contributed by atoms with E-state index in [9.17, 15) is 10.1 Å². The first kappa shape index (κ1) is 12.0. The van der Waals surface area contributed by atoms with E-state index in [0.29, 0.717) is 5.04 Å². The van der Waals surface area contributed by atoms with Crippen molar-refractivity contribution in [2.45, 2.75) is 19.4 Å². The molecule has 0 N–H and O–H groups in total. The van der Waals surface area contributed by atoms with Crippen molar-refractivity contribution in [1.29, 1.82) is 0 Å². The first-order valence-electron chi connectivity index (χ1n) is 3.63. The molecule has 0 radical (unpaired) electrons. The van der Waals surface area contributed by atoms with Gasteiger partial charge in [0.05, 0.1) is 0 Å². The zero-order chi connectivity index (χ0) is 10.5. The fourth-order valence-electron chi connectivity index (χ4n) is 0.600. The lowest BCUT2D eigenvalue weighted by Gasteiger charge is -2.11. The lowest BCUT2D eigenvalue weighted by atomic mass is 10.1. The van der Waals surface area contributed by atoms with Crippen LogP contribution in [0.3, 0.4) is 0 Å². The fourth-order valence-corrected chi connectivity index (χ4v) is 1.15. The van der Waals surface area contributed by atoms with E-state index in [2.05, 4.69) is 10.9 Å². The van der Waals surface area contributed by atoms with E-state index in [1.807, 2.05) is 0 Å². The summed E-state index contributed by atoms with van der Waals surface area (Å²) in [6, 6.07) is 0. The molecular formula is C8H12N2O2S. The molecule has 0 spiro atoms. The molecule has 72 valence electrons. The number of rotatable bonds is 3. The van der Waals surface area contributed by atoms with Crippen molar-refractivity contribution in [3.05, 3.63) is 10.1 Å². The number of aliphatic imine (C=N–C) groups is 1. The highest BCUT2D eigenvalue weighted by Gasteiger charge is 2.15. The molecule has 0 atom stereocenters. The summed E-state index contributed by atoms with van der Waals surface area (Å²) in [4.78, 5) is 13.9. The van der Waals surface area contributed by atoms with Crippen LogP contribution in [0.1, 0.15) is 13.8 Å². The first-order chi connectivity index (χ1) is 5.91. The van der Waals surface area contributed by atoms with Gasteiger partial charge in [-0.3, -0.25) is 15.1 Å². The molecule has 0 unspecified atom stereocenters. The average Bonchev–Trinajstić information content (AvgIpc) is 2.02. The van der Waals surface area contributed by atoms with Gasteiger partial charge in [-0.15, -0.1) is 18.2 Å². The third-order valence-electron chi connectivity index (χ3n) is 1.26. The van der Waals surface area contributed by atoms with Crippen LogP contribution in [0.4, 0.5) is 0 Å². The topological polar surface area (TPSA) is 55.5 Å². The molecule has 0 bridgehead atoms. The predicted octanol–water partition coefficient (Wildman–Crippen LogP) is 1.44. The zero-order valence-corrected chi connectivity index (χ0v) is 8.72. The smallest absolute Gasteiger partial charge is 0.251 e. The third-order valence-corrected chi connectivity index (χ3v) is 1.95. The molecule has 0 saturated heterocycles. The zero-order valence-electron chi connectivity index (χ0n) is 7.90. The molecule has 0 aliphatic carbocycles. The molecule has 0 saturated carbocycles. The van der Waals surface area contributed by atoms with Crippen LogP contribution in [0.5, 0.6) is 0 Å². The van der Waals surface area contributed by atoms with Crippen LogP contribution in [0.15, 0.2) is 4.99 Å². The summed E-state index contributed by atoms with van der Waals surface area (Å²) in [5, 5.41) is 10.7. The SMILES string of the molecule is C#CC(C)(C)N=C(C[N+](=O)[O-])SC. The van der Waals surface area contributed by atoms with Gasteiger partial charge in [-0.2, -0.15) is 0 Å². The van der Waals surface area contributed by atoms with Gasteiger partial charge in [-0.1, -0.05) is 5.92 Å². The summed E-state index contributed by atoms with van der Waals surface area (Å²) in [5.74, 6) is 2.46. The minimum Gasteiger partial charge on any atom is -0.264 e. The summed E-state index contributed by atoms with van der Waals surface area (Å²) in [6.45, 7) is 3.22. The molecule has 0 amide bonds. The monoisotopic (exact) mass is 200 g/mol. The Morgan fingerprint density at radius 1 is 1.77 bits per heavy atom. The number of nitro groups is 1. The lowest BCUT2D eigenvalue weighted by molar-refractivity contribution is -0.462. The molecule has 0 aromatic rings. The van der Waals surface area contributed by atoms with Crippen molar-refractivity contribution in [3.63, 3.8) is 0 Å². The van der Waals surface area contributed by atoms with Gasteiger partial charge < -0.3 is 0 Å². The number of terminal acetylenes is 1. The molecule has 0 aliphatic rings. The number of hydrogen-bond acceptors (Lipinski definition) is 4. The average molecular weight is 200 g/mol. The summed E-state index contributed by atoms with van der Waals surface area (Å²) in [5.41, 5.74) is -0.658. The predicted molar refractivity (Wildman–Crippen MR) is 55.7 cm³/mol. The Balaban J connectivity index is 4.58. The van der Waals surface area contributed by atoms with Crippen molar-refractivity contribution >= 4 is 16.8 Å². The minimum absolute atomic E-state index is 0.258. The van der Waals surface area contributed by atoms with E-state index in [1.54, 1.807) is 20.1 Å². The maximum absolute atomic E-state index is 10.2. The highest BCUT2D eigenvalue weighted by atomic mass is 32.2. The van der Waals surface area contributed by atoms with Gasteiger partial charge in [0.15, 0.2) is 0 Å². The summed E-state index contributed by atoms with van der Waals surface area (Å²) in [7, 11) is 0. The standard InChI is InChI=1S/C8H12N2O2S/c1-5-8(2,3)9-7(13-4)6-10(11)12/h1H,6H2,2-4H3. The molecule has 13 heavy (non-hydrogen) atoms. The van der Waals surface area contributed by atoms with E-state index < -0.39 is 10.5 Å². The quantitative estimate of drug-likeness (QED) is 0.228. The van der Waals surface area contributed by atoms with E-state index in [1.165, 1.54) is 11.8 Å². The van der Waals surface area contributed by atoms with Crippen LogP contribution >= 0.6 is 11.8 Å². The molecule has 5 heteroatoms. The maximum atomic E-state index is 10.2. The second-order valence-electron chi connectivity index (χ2n) is 2.90. The van der Waals surface area contributed by atoms with E-state index >= 15 is 0 Å². The Kier molecular flexibility index (Phi) is 4.49. The Bertz CT molecular complexity index is 266. The van der Waals surface area contributed by atoms with Gasteiger partial charge >= 0.3 is 0 Å². The van der Waals surface area contributed by atoms with Crippen molar-refractivity contribution in [2.24, 2.45) is 4.99 Å². The summed E-state index contributed by atoms with van der Waals surface area (Å²) in [6.07, 6.45) is 6.95. The Morgan fingerprint density at radius 3 is 2.62 bits per heavy atom. The highest BCUT2D eigenvalue weighted by molar-refractivity contribution is 8.13. The minimum atomic E-state index is -0.658. The van der Waals surface area contributed by atoms with Gasteiger partial charge in [0, 0.05) is 4.92 Å². The van der Waals surface area contributed by atoms with Crippen molar-refractivity contribution < 1.29 is 4.92 Å². The summed E-state index contributed by atoms with van der Waals surface area (Å²) >= 11 is 1.25. The molecule has 0 fully saturated rings. The molecule has 0 heterocycles. The molecule has 0 aromatic heterocycles. The van der Waals surface area contributed by atoms with Crippen LogP contribution in [-0.4, -0.2) is 28.3 Å². The molecular weight excluding hydrogens is 188 g/mol. The van der Waals surface area contributed by atoms with Crippen LogP contribution in [0.25, 0.3) is 0 Å². The van der Waals surface area contributed by atoms with Gasteiger partial charge in [0.2, 0.25) is 0 Å². The fraction of sp³-hybridized carbons (Fsp3) is 0.625. The van der Waals surface area contributed by atoms with Crippen molar-refractivity contribution in [2.75, 3.05) is 12.8 Å². The van der Waals surface area contributed by atoms with Gasteiger partial charge in [0.25, 0.3) is 6.54 Å². The van der Waals surface area contributed by atoms with E-state index in [0.717, 1.165) is 0 Å². The Labute approximate surface area is 82.0 Å². The van der Waals surface area contributed by atoms with Gasteiger partial charge in [0.1, 0.15) is 10.6 Å². The number of hydrogen-bond donors (Lipinski definition) is 0. The highest BCUT2D eigenvalue weighted by Crippen LogP contribution is 2.11. The van der Waals surface area contributed by atoms with E-state index in [4.69, 9.17) is 6.42 Å². The van der Waals surface area contributed by atoms with Crippen molar-refractivity contribution in [1.82, 2.24) is 0 Å². The largest absolute Gasteiger partial charge is 0.264 e. The number of thioether (sulfide) groups is 1. The Morgan fingerprint density at radius 2 is 2.31 bits per heavy atom. The van der Waals surface area contributed by atoms with Crippen LogP contribution in [0.2, 0.25) is 0 Å². The lowest BCUT2D eigenvalue weighted by Crippen LogP contribution is -2.19. The molecule has 4 nitrogen and oxygen atoms in total. The molecule has 0 rings (SSSR count). The van der Waals surface area contributed by atoms with Gasteiger partial charge in [-0.05, 0) is 20.1 Å². The molecule has 0 aliphatic heterocycles. The first-order valence-corrected chi connectivity index (χ1v) is 4.86. The van der Waals surface area contributed by atoms with Crippen LogP contribution in [-0.2, 0) is 0 Å². The van der Waals surface area contributed by atoms with Crippen molar-refractivity contribution in [3.8, 4) is 12.3 Å². The number of nitrogens with zero attached hydrogens (tertiary/aromatic N) is 2. The third kappa shape index (κ3) is 5.26. The summed E-state index contributed by atoms with van der Waals surface area (Å²) < 4.78 is 0. The Hall–Kier alpha value is -1.02. The van der Waals surface area contributed by atoms with E-state index in [-0.39, 0.29) is 6.54 Å². The second-order valence-corrected chi connectivity index (χ2v) is 3.78.